The first-order chi connectivity index (χ1) is 7.73. The Bertz CT molecular complexity index is 347. The van der Waals surface area contributed by atoms with Crippen LogP contribution in [0, 0.1) is 11.3 Å². The van der Waals surface area contributed by atoms with Crippen molar-refractivity contribution in [2.75, 3.05) is 0 Å². The van der Waals surface area contributed by atoms with E-state index in [9.17, 15) is 5.11 Å². The number of hydrogen-bond acceptors (Lipinski definition) is 2. The highest BCUT2D eigenvalue weighted by Crippen LogP contribution is 2.66. The summed E-state index contributed by atoms with van der Waals surface area (Å²) in [5, 5.41) is 10.9. The molecule has 1 heterocycles. The highest BCUT2D eigenvalue weighted by molar-refractivity contribution is 5.19. The van der Waals surface area contributed by atoms with Gasteiger partial charge in [-0.2, -0.15) is 0 Å². The maximum atomic E-state index is 10.9. The van der Waals surface area contributed by atoms with E-state index in [-0.39, 0.29) is 16.6 Å². The van der Waals surface area contributed by atoms with Crippen molar-refractivity contribution >= 4 is 0 Å². The van der Waals surface area contributed by atoms with Gasteiger partial charge in [0.05, 0.1) is 11.2 Å². The molecule has 1 spiro atoms. The molecule has 2 bridgehead atoms. The van der Waals surface area contributed by atoms with Gasteiger partial charge < -0.3 is 9.84 Å². The lowest BCUT2D eigenvalue weighted by molar-refractivity contribution is -0.259. The van der Waals surface area contributed by atoms with Gasteiger partial charge in [-0.05, 0) is 70.6 Å². The Kier molecular flexibility index (Phi) is 2.17. The SMILES string of the molecule is CC1(C)O[C@@]23C[C@H]1CC[C@]2(C)CCC[C@@]3(C)O. The molecule has 2 aliphatic carbocycles. The van der Waals surface area contributed by atoms with Crippen LogP contribution in [0.3, 0.4) is 0 Å². The summed E-state index contributed by atoms with van der Waals surface area (Å²) in [6.07, 6.45) is 6.79. The summed E-state index contributed by atoms with van der Waals surface area (Å²) in [6.45, 7) is 8.78. The van der Waals surface area contributed by atoms with E-state index in [1.807, 2.05) is 6.92 Å². The lowest BCUT2D eigenvalue weighted by Gasteiger charge is -2.58. The number of rotatable bonds is 0. The fraction of sp³-hybridized carbons (Fsp3) is 1.00. The van der Waals surface area contributed by atoms with Crippen LogP contribution in [0.1, 0.15) is 66.2 Å². The summed E-state index contributed by atoms with van der Waals surface area (Å²) in [5.74, 6) is 0.625. The number of aliphatic hydroxyl groups is 1. The van der Waals surface area contributed by atoms with Gasteiger partial charge >= 0.3 is 0 Å². The standard InChI is InChI=1S/C15H26O2/c1-12(2)11-6-9-13(3)7-5-8-14(4,16)15(13,10-11)17-12/h11,16H,5-10H2,1-4H3/t11-,13+,14-,15+/m1/s1. The third-order valence-electron chi connectivity index (χ3n) is 6.24. The lowest BCUT2D eigenvalue weighted by atomic mass is 9.51. The fourth-order valence-corrected chi connectivity index (χ4v) is 5.01. The first-order valence-electron chi connectivity index (χ1n) is 7.15. The largest absolute Gasteiger partial charge is 0.387 e. The van der Waals surface area contributed by atoms with Gasteiger partial charge in [-0.1, -0.05) is 6.92 Å². The van der Waals surface area contributed by atoms with E-state index in [1.165, 1.54) is 19.3 Å². The smallest absolute Gasteiger partial charge is 0.103 e. The molecule has 4 atom stereocenters. The molecule has 1 N–H and O–H groups in total. The van der Waals surface area contributed by atoms with E-state index < -0.39 is 5.60 Å². The highest BCUT2D eigenvalue weighted by atomic mass is 16.5. The van der Waals surface area contributed by atoms with Crippen LogP contribution in [-0.2, 0) is 4.74 Å². The second kappa shape index (κ2) is 3.08. The summed E-state index contributed by atoms with van der Waals surface area (Å²) >= 11 is 0. The average molecular weight is 238 g/mol. The Labute approximate surface area is 105 Å². The number of fused-ring (bicyclic) bond motifs is 1. The van der Waals surface area contributed by atoms with Crippen molar-refractivity contribution in [3.05, 3.63) is 0 Å². The molecule has 2 nitrogen and oxygen atoms in total. The van der Waals surface area contributed by atoms with Gasteiger partial charge in [0.25, 0.3) is 0 Å². The Morgan fingerprint density at radius 1 is 1.06 bits per heavy atom. The van der Waals surface area contributed by atoms with E-state index in [2.05, 4.69) is 20.8 Å². The summed E-state index contributed by atoms with van der Waals surface area (Å²) in [4.78, 5) is 0. The third kappa shape index (κ3) is 1.29. The molecule has 0 amide bonds. The molecule has 1 aliphatic heterocycles. The van der Waals surface area contributed by atoms with Crippen LogP contribution >= 0.6 is 0 Å². The minimum Gasteiger partial charge on any atom is -0.387 e. The molecule has 3 aliphatic rings. The van der Waals surface area contributed by atoms with Crippen molar-refractivity contribution in [2.45, 2.75) is 83.0 Å². The molecule has 0 unspecified atom stereocenters. The second-order valence-electron chi connectivity index (χ2n) is 7.66. The minimum absolute atomic E-state index is 0.0565. The van der Waals surface area contributed by atoms with Crippen LogP contribution in [0.5, 0.6) is 0 Å². The highest BCUT2D eigenvalue weighted by Gasteiger charge is 2.70. The van der Waals surface area contributed by atoms with E-state index in [1.54, 1.807) is 0 Å². The van der Waals surface area contributed by atoms with Crippen molar-refractivity contribution in [3.8, 4) is 0 Å². The first kappa shape index (κ1) is 12.0. The quantitative estimate of drug-likeness (QED) is 0.702. The summed E-state index contributed by atoms with van der Waals surface area (Å²) in [7, 11) is 0. The predicted molar refractivity (Wildman–Crippen MR) is 67.8 cm³/mol. The number of hydrogen-bond donors (Lipinski definition) is 1. The van der Waals surface area contributed by atoms with Gasteiger partial charge in [0.1, 0.15) is 5.60 Å². The Morgan fingerprint density at radius 2 is 1.76 bits per heavy atom. The maximum absolute atomic E-state index is 10.9. The van der Waals surface area contributed by atoms with E-state index in [4.69, 9.17) is 4.74 Å². The summed E-state index contributed by atoms with van der Waals surface area (Å²) in [6, 6.07) is 0. The second-order valence-corrected chi connectivity index (χ2v) is 7.66. The molecule has 0 aromatic rings. The van der Waals surface area contributed by atoms with Crippen molar-refractivity contribution in [1.29, 1.82) is 0 Å². The molecular weight excluding hydrogens is 212 g/mol. The molecule has 0 aromatic carbocycles. The van der Waals surface area contributed by atoms with E-state index in [0.717, 1.165) is 19.3 Å². The molecule has 3 rings (SSSR count). The van der Waals surface area contributed by atoms with Crippen LogP contribution in [0.4, 0.5) is 0 Å². The third-order valence-corrected chi connectivity index (χ3v) is 6.24. The first-order valence-corrected chi connectivity index (χ1v) is 7.15. The Balaban J connectivity index is 2.10. The molecular formula is C15H26O2. The molecule has 2 saturated carbocycles. The molecule has 98 valence electrons. The maximum Gasteiger partial charge on any atom is 0.103 e. The molecule has 0 aromatic heterocycles. The van der Waals surface area contributed by atoms with Gasteiger partial charge in [0.15, 0.2) is 0 Å². The van der Waals surface area contributed by atoms with Crippen molar-refractivity contribution in [1.82, 2.24) is 0 Å². The minimum atomic E-state index is -0.646. The molecule has 3 fully saturated rings. The van der Waals surface area contributed by atoms with Crippen LogP contribution in [0.25, 0.3) is 0 Å². The average Bonchev–Trinajstić information content (AvgIpc) is 2.42. The summed E-state index contributed by atoms with van der Waals surface area (Å²) < 4.78 is 6.53. The topological polar surface area (TPSA) is 29.5 Å². The Morgan fingerprint density at radius 3 is 2.47 bits per heavy atom. The molecule has 17 heavy (non-hydrogen) atoms. The predicted octanol–water partition coefficient (Wildman–Crippen LogP) is 3.28. The van der Waals surface area contributed by atoms with Crippen LogP contribution in [0.15, 0.2) is 0 Å². The van der Waals surface area contributed by atoms with Gasteiger partial charge in [-0.3, -0.25) is 0 Å². The fourth-order valence-electron chi connectivity index (χ4n) is 5.01. The van der Waals surface area contributed by atoms with Crippen molar-refractivity contribution < 1.29 is 9.84 Å². The van der Waals surface area contributed by atoms with E-state index >= 15 is 0 Å². The molecule has 0 radical (unpaired) electrons. The van der Waals surface area contributed by atoms with Gasteiger partial charge in [0, 0.05) is 0 Å². The zero-order chi connectivity index (χ0) is 12.5. The Hall–Kier alpha value is -0.0800. The zero-order valence-corrected chi connectivity index (χ0v) is 11.7. The van der Waals surface area contributed by atoms with Gasteiger partial charge in [-0.25, -0.2) is 0 Å². The molecule has 1 saturated heterocycles. The van der Waals surface area contributed by atoms with Crippen LogP contribution < -0.4 is 0 Å². The normalized spacial score (nSPS) is 56.6. The van der Waals surface area contributed by atoms with Gasteiger partial charge in [0.2, 0.25) is 0 Å². The van der Waals surface area contributed by atoms with Gasteiger partial charge in [-0.15, -0.1) is 0 Å². The van der Waals surface area contributed by atoms with Crippen LogP contribution in [-0.4, -0.2) is 21.9 Å². The summed E-state index contributed by atoms with van der Waals surface area (Å²) in [5.41, 5.74) is -0.810. The van der Waals surface area contributed by atoms with E-state index in [0.29, 0.717) is 5.92 Å². The van der Waals surface area contributed by atoms with Crippen LogP contribution in [0.2, 0.25) is 0 Å². The monoisotopic (exact) mass is 238 g/mol. The van der Waals surface area contributed by atoms with Crippen molar-refractivity contribution in [2.24, 2.45) is 11.3 Å². The zero-order valence-electron chi connectivity index (χ0n) is 11.7. The number of ether oxygens (including phenoxy) is 1. The lowest BCUT2D eigenvalue weighted by Crippen LogP contribution is -2.65. The van der Waals surface area contributed by atoms with Crippen molar-refractivity contribution in [3.63, 3.8) is 0 Å². The molecule has 2 heteroatoms.